The molecule has 3 heteroatoms. The van der Waals surface area contributed by atoms with Crippen LogP contribution in [0.1, 0.15) is 46.0 Å². The molecule has 0 aliphatic carbocycles. The largest absolute Gasteiger partial charge is 0.352 e. The van der Waals surface area contributed by atoms with Crippen molar-refractivity contribution in [3.8, 4) is 0 Å². The molecule has 0 atom stereocenters. The minimum absolute atomic E-state index is 0.115. The molecule has 1 N–H and O–H groups in total. The number of amides is 1. The summed E-state index contributed by atoms with van der Waals surface area (Å²) in [5.74, 6) is 0. The number of carbonyl (C=O) groups is 2. The van der Waals surface area contributed by atoms with Gasteiger partial charge in [-0.2, -0.15) is 0 Å². The number of carbonyl (C=O) groups excluding carboxylic acids is 2. The van der Waals surface area contributed by atoms with Crippen molar-refractivity contribution in [2.45, 2.75) is 46.0 Å². The summed E-state index contributed by atoms with van der Waals surface area (Å²) >= 11 is 0. The average Bonchev–Trinajstić information content (AvgIpc) is 2.17. The third-order valence-electron chi connectivity index (χ3n) is 1.49. The molecule has 3 nitrogen and oxygen atoms in total. The van der Waals surface area contributed by atoms with Crippen LogP contribution < -0.4 is 5.32 Å². The number of hydrogen-bond acceptors (Lipinski definition) is 2. The van der Waals surface area contributed by atoms with Gasteiger partial charge < -0.3 is 10.1 Å². The van der Waals surface area contributed by atoms with Gasteiger partial charge in [-0.15, -0.1) is 0 Å². The fraction of sp³-hybridized carbons (Fsp3) is 0.800. The first-order chi connectivity index (χ1) is 6.33. The molecular weight excluding hydrogens is 166 g/mol. The van der Waals surface area contributed by atoms with Crippen LogP contribution in [0.3, 0.4) is 0 Å². The first-order valence-corrected chi connectivity index (χ1v) is 4.94. The lowest BCUT2D eigenvalue weighted by atomic mass is 10.2. The van der Waals surface area contributed by atoms with E-state index in [-0.39, 0.29) is 6.54 Å². The molecule has 0 aromatic heterocycles. The second kappa shape index (κ2) is 17.3. The van der Waals surface area contributed by atoms with Crippen molar-refractivity contribution in [2.24, 2.45) is 0 Å². The van der Waals surface area contributed by atoms with E-state index in [0.29, 0.717) is 12.7 Å². The molecule has 0 unspecified atom stereocenters. The molecule has 0 radical (unpaired) electrons. The van der Waals surface area contributed by atoms with Crippen LogP contribution in [-0.4, -0.2) is 19.2 Å². The highest BCUT2D eigenvalue weighted by Gasteiger charge is 1.80. The van der Waals surface area contributed by atoms with Crippen LogP contribution >= 0.6 is 0 Å². The summed E-state index contributed by atoms with van der Waals surface area (Å²) in [6.45, 7) is 4.61. The monoisotopic (exact) mass is 187 g/mol. The first kappa shape index (κ1) is 14.7. The molecule has 0 saturated carbocycles. The second-order valence-corrected chi connectivity index (χ2v) is 2.75. The van der Waals surface area contributed by atoms with E-state index in [1.807, 2.05) is 0 Å². The standard InChI is InChI=1S/C7H16.C3H5NO2/c1-3-5-7-6-4-2;5-2-1-4-3-6/h3-7H2,1-2H3;2-3H,1H2,(H,4,6). The molecule has 0 aromatic carbocycles. The molecule has 0 aromatic rings. The molecule has 0 rings (SSSR count). The Morgan fingerprint density at radius 3 is 1.77 bits per heavy atom. The van der Waals surface area contributed by atoms with Gasteiger partial charge in [0, 0.05) is 0 Å². The van der Waals surface area contributed by atoms with Gasteiger partial charge in [0.1, 0.15) is 6.29 Å². The zero-order valence-corrected chi connectivity index (χ0v) is 8.71. The molecule has 0 bridgehead atoms. The molecule has 0 spiro atoms. The summed E-state index contributed by atoms with van der Waals surface area (Å²) in [7, 11) is 0. The van der Waals surface area contributed by atoms with E-state index in [1.54, 1.807) is 0 Å². The number of aldehydes is 1. The summed E-state index contributed by atoms with van der Waals surface area (Å²) in [6.07, 6.45) is 8.11. The van der Waals surface area contributed by atoms with Crippen LogP contribution in [0.5, 0.6) is 0 Å². The first-order valence-electron chi connectivity index (χ1n) is 4.94. The van der Waals surface area contributed by atoms with Crippen molar-refractivity contribution in [2.75, 3.05) is 6.54 Å². The minimum Gasteiger partial charge on any atom is -0.352 e. The Labute approximate surface area is 80.9 Å². The van der Waals surface area contributed by atoms with Crippen LogP contribution in [0.25, 0.3) is 0 Å². The SMILES string of the molecule is CCCCCCC.O=CCNC=O. The Balaban J connectivity index is 0. The lowest BCUT2D eigenvalue weighted by Crippen LogP contribution is -2.12. The molecule has 0 heterocycles. The third kappa shape index (κ3) is 24.7. The van der Waals surface area contributed by atoms with Crippen molar-refractivity contribution < 1.29 is 9.59 Å². The fourth-order valence-electron chi connectivity index (χ4n) is 0.773. The molecular formula is C10H21NO2. The maximum atomic E-state index is 9.34. The van der Waals surface area contributed by atoms with E-state index in [9.17, 15) is 9.59 Å². The Bertz CT molecular complexity index is 93.1. The number of unbranched alkanes of at least 4 members (excludes halogenated alkanes) is 4. The van der Waals surface area contributed by atoms with Gasteiger partial charge in [-0.1, -0.05) is 46.0 Å². The predicted molar refractivity (Wildman–Crippen MR) is 54.6 cm³/mol. The highest BCUT2D eigenvalue weighted by Crippen LogP contribution is 2.00. The smallest absolute Gasteiger partial charge is 0.207 e. The highest BCUT2D eigenvalue weighted by molar-refractivity contribution is 5.58. The van der Waals surface area contributed by atoms with Crippen LogP contribution in [0, 0.1) is 0 Å². The van der Waals surface area contributed by atoms with Gasteiger partial charge in [0.05, 0.1) is 6.54 Å². The summed E-state index contributed by atoms with van der Waals surface area (Å²) in [5.41, 5.74) is 0. The van der Waals surface area contributed by atoms with Gasteiger partial charge >= 0.3 is 0 Å². The average molecular weight is 187 g/mol. The Kier molecular flexibility index (Phi) is 19.5. The van der Waals surface area contributed by atoms with Crippen LogP contribution in [0.2, 0.25) is 0 Å². The van der Waals surface area contributed by atoms with Crippen LogP contribution in [0.15, 0.2) is 0 Å². The highest BCUT2D eigenvalue weighted by atomic mass is 16.1. The van der Waals surface area contributed by atoms with Gasteiger partial charge in [0.2, 0.25) is 6.41 Å². The van der Waals surface area contributed by atoms with Crippen LogP contribution in [-0.2, 0) is 9.59 Å². The van der Waals surface area contributed by atoms with Gasteiger partial charge in [0.25, 0.3) is 0 Å². The molecule has 0 saturated heterocycles. The van der Waals surface area contributed by atoms with Gasteiger partial charge in [-0.3, -0.25) is 4.79 Å². The van der Waals surface area contributed by atoms with Crippen molar-refractivity contribution in [3.05, 3.63) is 0 Å². The molecule has 0 aliphatic heterocycles. The molecule has 78 valence electrons. The maximum absolute atomic E-state index is 9.34. The zero-order valence-electron chi connectivity index (χ0n) is 8.71. The lowest BCUT2D eigenvalue weighted by molar-refractivity contribution is -0.113. The molecule has 1 amide bonds. The van der Waals surface area contributed by atoms with E-state index in [0.717, 1.165) is 0 Å². The number of rotatable bonds is 7. The van der Waals surface area contributed by atoms with Crippen molar-refractivity contribution in [3.63, 3.8) is 0 Å². The topological polar surface area (TPSA) is 46.2 Å². The Hall–Kier alpha value is -0.860. The summed E-state index contributed by atoms with van der Waals surface area (Å²) in [5, 5.41) is 2.15. The van der Waals surface area contributed by atoms with E-state index in [4.69, 9.17) is 0 Å². The summed E-state index contributed by atoms with van der Waals surface area (Å²) in [6, 6.07) is 0. The van der Waals surface area contributed by atoms with Gasteiger partial charge in [0.15, 0.2) is 0 Å². The normalized spacial score (nSPS) is 8.15. The zero-order chi connectivity index (χ0) is 10.4. The van der Waals surface area contributed by atoms with E-state index < -0.39 is 0 Å². The van der Waals surface area contributed by atoms with E-state index >= 15 is 0 Å². The quantitative estimate of drug-likeness (QED) is 0.489. The lowest BCUT2D eigenvalue weighted by Gasteiger charge is -1.90. The van der Waals surface area contributed by atoms with Crippen molar-refractivity contribution >= 4 is 12.7 Å². The van der Waals surface area contributed by atoms with E-state index in [1.165, 1.54) is 32.1 Å². The predicted octanol–water partition coefficient (Wildman–Crippen LogP) is 1.91. The van der Waals surface area contributed by atoms with Gasteiger partial charge in [-0.25, -0.2) is 0 Å². The van der Waals surface area contributed by atoms with Crippen molar-refractivity contribution in [1.82, 2.24) is 5.32 Å². The summed E-state index contributed by atoms with van der Waals surface area (Å²) < 4.78 is 0. The molecule has 0 aliphatic rings. The van der Waals surface area contributed by atoms with Crippen LogP contribution in [0.4, 0.5) is 0 Å². The third-order valence-corrected chi connectivity index (χ3v) is 1.49. The Morgan fingerprint density at radius 1 is 1.00 bits per heavy atom. The summed E-state index contributed by atoms with van der Waals surface area (Å²) in [4.78, 5) is 18.6. The Morgan fingerprint density at radius 2 is 1.54 bits per heavy atom. The maximum Gasteiger partial charge on any atom is 0.207 e. The minimum atomic E-state index is 0.115. The fourth-order valence-corrected chi connectivity index (χ4v) is 0.773. The second-order valence-electron chi connectivity index (χ2n) is 2.75. The van der Waals surface area contributed by atoms with E-state index in [2.05, 4.69) is 19.2 Å². The molecule has 13 heavy (non-hydrogen) atoms. The number of hydrogen-bond donors (Lipinski definition) is 1. The van der Waals surface area contributed by atoms with Gasteiger partial charge in [-0.05, 0) is 0 Å². The van der Waals surface area contributed by atoms with Crippen molar-refractivity contribution in [1.29, 1.82) is 0 Å². The molecule has 0 fully saturated rings. The number of nitrogens with one attached hydrogen (secondary N) is 1.